The van der Waals surface area contributed by atoms with Crippen molar-refractivity contribution in [1.82, 2.24) is 0 Å². The largest absolute Gasteiger partial charge is 0.586 e. The Morgan fingerprint density at radius 2 is 1.44 bits per heavy atom. The van der Waals surface area contributed by atoms with Crippen LogP contribution in [-0.2, 0) is 0 Å². The molecule has 2 aromatic carbocycles. The summed E-state index contributed by atoms with van der Waals surface area (Å²) < 4.78 is 34.5. The summed E-state index contributed by atoms with van der Waals surface area (Å²) >= 11 is 0. The van der Waals surface area contributed by atoms with Gasteiger partial charge in [-0.1, -0.05) is 18.2 Å². The number of nitrogens with two attached hydrogens (primary N) is 1. The van der Waals surface area contributed by atoms with Crippen LogP contribution in [0.5, 0.6) is 11.5 Å². The summed E-state index contributed by atoms with van der Waals surface area (Å²) in [6, 6.07) is 11.8. The molecule has 0 spiro atoms. The topological polar surface area (TPSA) is 44.5 Å². The molecule has 18 heavy (non-hydrogen) atoms. The molecule has 0 saturated carbocycles. The minimum atomic E-state index is -3.58. The Labute approximate surface area is 102 Å². The molecule has 0 saturated heterocycles. The van der Waals surface area contributed by atoms with E-state index in [0.717, 1.165) is 11.1 Å². The van der Waals surface area contributed by atoms with Crippen LogP contribution in [0.1, 0.15) is 0 Å². The quantitative estimate of drug-likeness (QED) is 0.789. The lowest BCUT2D eigenvalue weighted by Gasteiger charge is -2.04. The van der Waals surface area contributed by atoms with Gasteiger partial charge < -0.3 is 15.2 Å². The highest BCUT2D eigenvalue weighted by Gasteiger charge is 2.43. The maximum Gasteiger partial charge on any atom is 0.586 e. The van der Waals surface area contributed by atoms with E-state index in [0.29, 0.717) is 5.69 Å². The molecule has 3 rings (SSSR count). The van der Waals surface area contributed by atoms with Gasteiger partial charge in [0.2, 0.25) is 0 Å². The Balaban J connectivity index is 1.99. The molecule has 0 bridgehead atoms. The van der Waals surface area contributed by atoms with E-state index in [2.05, 4.69) is 9.47 Å². The number of rotatable bonds is 1. The van der Waals surface area contributed by atoms with Gasteiger partial charge in [0.05, 0.1) is 0 Å². The van der Waals surface area contributed by atoms with Crippen molar-refractivity contribution in [1.29, 1.82) is 0 Å². The van der Waals surface area contributed by atoms with Crippen LogP contribution in [0.25, 0.3) is 11.1 Å². The van der Waals surface area contributed by atoms with E-state index in [1.165, 1.54) is 12.1 Å². The van der Waals surface area contributed by atoms with E-state index in [9.17, 15) is 8.78 Å². The van der Waals surface area contributed by atoms with E-state index in [-0.39, 0.29) is 11.5 Å². The highest BCUT2D eigenvalue weighted by Crippen LogP contribution is 2.42. The highest BCUT2D eigenvalue weighted by atomic mass is 19.3. The molecule has 1 aliphatic rings. The molecule has 0 atom stereocenters. The summed E-state index contributed by atoms with van der Waals surface area (Å²) in [6.45, 7) is 0. The van der Waals surface area contributed by atoms with Gasteiger partial charge in [-0.05, 0) is 35.4 Å². The number of alkyl halides is 2. The maximum atomic E-state index is 12.9. The second-order valence-electron chi connectivity index (χ2n) is 3.95. The Kier molecular flexibility index (Phi) is 2.16. The number of fused-ring (bicyclic) bond motifs is 1. The summed E-state index contributed by atoms with van der Waals surface area (Å²) in [6.07, 6.45) is -3.58. The SMILES string of the molecule is Nc1ccc(-c2ccc3c(c2)OC(F)(F)O3)cc1. The van der Waals surface area contributed by atoms with Crippen LogP contribution in [0, 0.1) is 0 Å². The lowest BCUT2D eigenvalue weighted by Crippen LogP contribution is -2.25. The molecule has 92 valence electrons. The van der Waals surface area contributed by atoms with Crippen molar-refractivity contribution in [2.45, 2.75) is 6.29 Å². The first-order chi connectivity index (χ1) is 8.53. The number of hydrogen-bond acceptors (Lipinski definition) is 3. The molecular formula is C13H9F2NO2. The normalized spacial score (nSPS) is 15.7. The first-order valence-electron chi connectivity index (χ1n) is 5.29. The maximum absolute atomic E-state index is 12.9. The highest BCUT2D eigenvalue weighted by molar-refractivity contribution is 5.69. The molecule has 0 fully saturated rings. The lowest BCUT2D eigenvalue weighted by molar-refractivity contribution is -0.286. The first kappa shape index (κ1) is 10.8. The average Bonchev–Trinajstić information content (AvgIpc) is 2.62. The minimum absolute atomic E-state index is 0.0364. The van der Waals surface area contributed by atoms with Gasteiger partial charge in [-0.25, -0.2) is 0 Å². The van der Waals surface area contributed by atoms with Gasteiger partial charge in [-0.2, -0.15) is 0 Å². The van der Waals surface area contributed by atoms with Gasteiger partial charge in [-0.3, -0.25) is 0 Å². The van der Waals surface area contributed by atoms with Crippen LogP contribution in [0.2, 0.25) is 0 Å². The molecule has 0 aliphatic carbocycles. The fraction of sp³-hybridized carbons (Fsp3) is 0.0769. The molecule has 0 amide bonds. The van der Waals surface area contributed by atoms with Crippen molar-refractivity contribution in [3.8, 4) is 22.6 Å². The van der Waals surface area contributed by atoms with Crippen molar-refractivity contribution in [2.24, 2.45) is 0 Å². The van der Waals surface area contributed by atoms with Crippen LogP contribution in [0.15, 0.2) is 42.5 Å². The second kappa shape index (κ2) is 3.60. The van der Waals surface area contributed by atoms with E-state index in [1.54, 1.807) is 18.2 Å². The van der Waals surface area contributed by atoms with Gasteiger partial charge in [0.1, 0.15) is 0 Å². The predicted octanol–water partition coefficient (Wildman–Crippen LogP) is 3.26. The summed E-state index contributed by atoms with van der Waals surface area (Å²) in [4.78, 5) is 0. The smallest absolute Gasteiger partial charge is 0.399 e. The van der Waals surface area contributed by atoms with E-state index in [4.69, 9.17) is 5.73 Å². The summed E-state index contributed by atoms with van der Waals surface area (Å²) in [5.41, 5.74) is 7.86. The van der Waals surface area contributed by atoms with Gasteiger partial charge in [0, 0.05) is 5.69 Å². The van der Waals surface area contributed by atoms with Crippen molar-refractivity contribution in [3.05, 3.63) is 42.5 Å². The van der Waals surface area contributed by atoms with Gasteiger partial charge >= 0.3 is 6.29 Å². The van der Waals surface area contributed by atoms with Gasteiger partial charge in [0.15, 0.2) is 11.5 Å². The molecule has 2 N–H and O–H groups in total. The monoisotopic (exact) mass is 249 g/mol. The molecule has 0 aromatic heterocycles. The number of benzene rings is 2. The van der Waals surface area contributed by atoms with E-state index in [1.807, 2.05) is 12.1 Å². The predicted molar refractivity (Wildman–Crippen MR) is 62.5 cm³/mol. The number of nitrogen functional groups attached to an aromatic ring is 1. The third-order valence-corrected chi connectivity index (χ3v) is 2.65. The number of anilines is 1. The summed E-state index contributed by atoms with van der Waals surface area (Å²) in [5.74, 6) is 0.0773. The number of ether oxygens (including phenoxy) is 2. The lowest BCUT2D eigenvalue weighted by atomic mass is 10.0. The second-order valence-corrected chi connectivity index (χ2v) is 3.95. The summed E-state index contributed by atoms with van der Waals surface area (Å²) in [5, 5.41) is 0. The van der Waals surface area contributed by atoms with Crippen LogP contribution < -0.4 is 15.2 Å². The van der Waals surface area contributed by atoms with Crippen LogP contribution >= 0.6 is 0 Å². The Bertz CT molecular complexity index is 596. The van der Waals surface area contributed by atoms with E-state index >= 15 is 0 Å². The summed E-state index contributed by atoms with van der Waals surface area (Å²) in [7, 11) is 0. The van der Waals surface area contributed by atoms with Crippen molar-refractivity contribution >= 4 is 5.69 Å². The molecular weight excluding hydrogens is 240 g/mol. The molecule has 2 aromatic rings. The average molecular weight is 249 g/mol. The fourth-order valence-corrected chi connectivity index (χ4v) is 1.80. The molecule has 0 radical (unpaired) electrons. The van der Waals surface area contributed by atoms with Crippen LogP contribution in [-0.4, -0.2) is 6.29 Å². The molecule has 1 aliphatic heterocycles. The Hall–Kier alpha value is -2.30. The first-order valence-corrected chi connectivity index (χ1v) is 5.29. The van der Waals surface area contributed by atoms with Crippen LogP contribution in [0.3, 0.4) is 0 Å². The standard InChI is InChI=1S/C13H9F2NO2/c14-13(15)17-11-6-3-9(7-12(11)18-13)8-1-4-10(16)5-2-8/h1-7H,16H2. The minimum Gasteiger partial charge on any atom is -0.399 e. The Morgan fingerprint density at radius 3 is 2.17 bits per heavy atom. The van der Waals surface area contributed by atoms with Crippen molar-refractivity contribution < 1.29 is 18.3 Å². The molecule has 0 unspecified atom stereocenters. The third-order valence-electron chi connectivity index (χ3n) is 2.65. The van der Waals surface area contributed by atoms with E-state index < -0.39 is 6.29 Å². The van der Waals surface area contributed by atoms with Gasteiger partial charge in [0.25, 0.3) is 0 Å². The van der Waals surface area contributed by atoms with Gasteiger partial charge in [-0.15, -0.1) is 8.78 Å². The zero-order valence-corrected chi connectivity index (χ0v) is 9.19. The zero-order valence-electron chi connectivity index (χ0n) is 9.19. The number of halogens is 2. The third kappa shape index (κ3) is 1.84. The number of hydrogen-bond donors (Lipinski definition) is 1. The molecule has 5 heteroatoms. The van der Waals surface area contributed by atoms with Crippen molar-refractivity contribution in [2.75, 3.05) is 5.73 Å². The fourth-order valence-electron chi connectivity index (χ4n) is 1.80. The zero-order chi connectivity index (χ0) is 12.8. The molecule has 3 nitrogen and oxygen atoms in total. The Morgan fingerprint density at radius 1 is 0.833 bits per heavy atom. The van der Waals surface area contributed by atoms with Crippen molar-refractivity contribution in [3.63, 3.8) is 0 Å². The molecule has 1 heterocycles. The van der Waals surface area contributed by atoms with Crippen LogP contribution in [0.4, 0.5) is 14.5 Å².